The van der Waals surface area contributed by atoms with E-state index < -0.39 is 17.5 Å². The molecule has 1 heterocycles. The summed E-state index contributed by atoms with van der Waals surface area (Å²) in [5.74, 6) is 0.877. The summed E-state index contributed by atoms with van der Waals surface area (Å²) >= 11 is 0. The first-order valence-electron chi connectivity index (χ1n) is 9.47. The van der Waals surface area contributed by atoms with Gasteiger partial charge < -0.3 is 19.5 Å². The van der Waals surface area contributed by atoms with Gasteiger partial charge >= 0.3 is 6.03 Å². The standard InChI is InChI=1S/C22H25N3O5/c1-22(13-12-15-8-6-5-7-9-15)20(26)25(21(27)24-22)23-14-16-10-11-17(28-2)19(30-4)18(16)29-3/h5-11,14H,12-13H2,1-4H3,(H,24,27)/b23-14-/t22-/m0/s1. The topological polar surface area (TPSA) is 89.5 Å². The second kappa shape index (κ2) is 8.86. The number of ether oxygens (including phenoxy) is 3. The van der Waals surface area contributed by atoms with Crippen molar-refractivity contribution < 1.29 is 23.8 Å². The van der Waals surface area contributed by atoms with Crippen LogP contribution in [-0.4, -0.2) is 50.0 Å². The van der Waals surface area contributed by atoms with Crippen LogP contribution in [0.25, 0.3) is 0 Å². The quantitative estimate of drug-likeness (QED) is 0.533. The molecule has 1 atom stereocenters. The molecule has 1 aliphatic rings. The van der Waals surface area contributed by atoms with Crippen LogP contribution in [-0.2, 0) is 11.2 Å². The van der Waals surface area contributed by atoms with Gasteiger partial charge in [-0.25, -0.2) is 4.79 Å². The lowest BCUT2D eigenvalue weighted by Crippen LogP contribution is -2.44. The maximum absolute atomic E-state index is 12.9. The molecule has 2 aromatic carbocycles. The van der Waals surface area contributed by atoms with Crippen LogP contribution in [0.5, 0.6) is 17.2 Å². The number of carbonyl (C=O) groups is 2. The summed E-state index contributed by atoms with van der Waals surface area (Å²) in [5.41, 5.74) is 0.609. The van der Waals surface area contributed by atoms with E-state index in [1.165, 1.54) is 27.5 Å². The highest BCUT2D eigenvalue weighted by Gasteiger charge is 2.47. The summed E-state index contributed by atoms with van der Waals surface area (Å²) in [4.78, 5) is 25.3. The van der Waals surface area contributed by atoms with Crippen LogP contribution in [0.4, 0.5) is 4.79 Å². The third kappa shape index (κ3) is 4.07. The number of hydrogen-bond acceptors (Lipinski definition) is 6. The zero-order valence-electron chi connectivity index (χ0n) is 17.5. The molecule has 3 amide bonds. The van der Waals surface area contributed by atoms with E-state index in [-0.39, 0.29) is 0 Å². The van der Waals surface area contributed by atoms with E-state index in [0.29, 0.717) is 35.7 Å². The van der Waals surface area contributed by atoms with E-state index >= 15 is 0 Å². The molecule has 1 aliphatic heterocycles. The fourth-order valence-corrected chi connectivity index (χ4v) is 3.33. The lowest BCUT2D eigenvalue weighted by atomic mass is 9.93. The first-order chi connectivity index (χ1) is 14.4. The minimum atomic E-state index is -1.02. The van der Waals surface area contributed by atoms with Crippen molar-refractivity contribution in [2.45, 2.75) is 25.3 Å². The van der Waals surface area contributed by atoms with E-state index in [2.05, 4.69) is 10.4 Å². The van der Waals surface area contributed by atoms with Gasteiger partial charge in [0.2, 0.25) is 5.75 Å². The van der Waals surface area contributed by atoms with Crippen molar-refractivity contribution in [1.82, 2.24) is 10.3 Å². The summed E-state index contributed by atoms with van der Waals surface area (Å²) in [7, 11) is 4.51. The lowest BCUT2D eigenvalue weighted by Gasteiger charge is -2.20. The zero-order valence-corrected chi connectivity index (χ0v) is 17.5. The number of urea groups is 1. The number of amides is 3. The largest absolute Gasteiger partial charge is 0.493 e. The van der Waals surface area contributed by atoms with Crippen molar-refractivity contribution in [2.75, 3.05) is 21.3 Å². The van der Waals surface area contributed by atoms with Crippen molar-refractivity contribution in [3.05, 3.63) is 53.6 Å². The molecule has 3 rings (SSSR count). The Bertz CT molecular complexity index is 961. The highest BCUT2D eigenvalue weighted by atomic mass is 16.5. The van der Waals surface area contributed by atoms with E-state index in [0.717, 1.165) is 10.6 Å². The molecular formula is C22H25N3O5. The van der Waals surface area contributed by atoms with Crippen molar-refractivity contribution in [3.63, 3.8) is 0 Å². The Balaban J connectivity index is 1.79. The molecule has 1 N–H and O–H groups in total. The first-order valence-corrected chi connectivity index (χ1v) is 9.47. The van der Waals surface area contributed by atoms with Crippen molar-refractivity contribution >= 4 is 18.2 Å². The molecule has 0 spiro atoms. The van der Waals surface area contributed by atoms with Gasteiger partial charge in [-0.15, -0.1) is 5.01 Å². The SMILES string of the molecule is COc1ccc(/C=N\N2C(=O)N[C@@](C)(CCc3ccccc3)C2=O)c(OC)c1OC. The number of nitrogens with zero attached hydrogens (tertiary/aromatic N) is 2. The molecular weight excluding hydrogens is 386 g/mol. The average Bonchev–Trinajstić information content (AvgIpc) is 2.98. The van der Waals surface area contributed by atoms with E-state index in [1.807, 2.05) is 30.3 Å². The Labute approximate surface area is 175 Å². The summed E-state index contributed by atoms with van der Waals surface area (Å²) in [6.45, 7) is 1.71. The second-order valence-electron chi connectivity index (χ2n) is 7.03. The number of hydrazone groups is 1. The predicted molar refractivity (Wildman–Crippen MR) is 112 cm³/mol. The van der Waals surface area contributed by atoms with Gasteiger partial charge in [0.25, 0.3) is 5.91 Å². The first kappa shape index (κ1) is 21.2. The normalized spacial score (nSPS) is 18.6. The number of hydrogen-bond donors (Lipinski definition) is 1. The molecule has 0 radical (unpaired) electrons. The molecule has 1 saturated heterocycles. The Kier molecular flexibility index (Phi) is 6.25. The molecule has 8 nitrogen and oxygen atoms in total. The lowest BCUT2D eigenvalue weighted by molar-refractivity contribution is -0.130. The second-order valence-corrected chi connectivity index (χ2v) is 7.03. The van der Waals surface area contributed by atoms with Crippen LogP contribution in [0.1, 0.15) is 24.5 Å². The Morgan fingerprint density at radius 3 is 2.33 bits per heavy atom. The van der Waals surface area contributed by atoms with Gasteiger partial charge in [0.15, 0.2) is 11.5 Å². The molecule has 0 aliphatic carbocycles. The molecule has 2 aromatic rings. The van der Waals surface area contributed by atoms with Gasteiger partial charge in [0, 0.05) is 5.56 Å². The maximum Gasteiger partial charge on any atom is 0.346 e. The Hall–Kier alpha value is -3.55. The van der Waals surface area contributed by atoms with Gasteiger partial charge in [0.05, 0.1) is 27.5 Å². The number of rotatable bonds is 8. The molecule has 30 heavy (non-hydrogen) atoms. The fraction of sp³-hybridized carbons (Fsp3) is 0.318. The van der Waals surface area contributed by atoms with Gasteiger partial charge in [-0.3, -0.25) is 4.79 Å². The fourth-order valence-electron chi connectivity index (χ4n) is 3.33. The zero-order chi connectivity index (χ0) is 21.7. The summed E-state index contributed by atoms with van der Waals surface area (Å²) in [6.07, 6.45) is 2.51. The van der Waals surface area contributed by atoms with Crippen molar-refractivity contribution in [3.8, 4) is 17.2 Å². The molecule has 0 unspecified atom stereocenters. The van der Waals surface area contributed by atoms with Crippen LogP contribution in [0, 0.1) is 0 Å². The smallest absolute Gasteiger partial charge is 0.346 e. The van der Waals surface area contributed by atoms with E-state index in [9.17, 15) is 9.59 Å². The maximum atomic E-state index is 12.9. The van der Waals surface area contributed by atoms with Crippen LogP contribution in [0.15, 0.2) is 47.6 Å². The monoisotopic (exact) mass is 411 g/mol. The number of nitrogens with one attached hydrogen (secondary N) is 1. The molecule has 158 valence electrons. The summed E-state index contributed by atoms with van der Waals surface area (Å²) < 4.78 is 16.0. The molecule has 1 fully saturated rings. The number of methoxy groups -OCH3 is 3. The number of imide groups is 1. The minimum Gasteiger partial charge on any atom is -0.493 e. The molecule has 0 saturated carbocycles. The van der Waals surface area contributed by atoms with Crippen LogP contribution >= 0.6 is 0 Å². The van der Waals surface area contributed by atoms with Gasteiger partial charge in [-0.1, -0.05) is 30.3 Å². The summed E-state index contributed by atoms with van der Waals surface area (Å²) in [5, 5.41) is 7.72. The van der Waals surface area contributed by atoms with Gasteiger partial charge in [-0.2, -0.15) is 5.10 Å². The third-order valence-corrected chi connectivity index (χ3v) is 5.04. The van der Waals surface area contributed by atoms with Crippen LogP contribution in [0.2, 0.25) is 0 Å². The van der Waals surface area contributed by atoms with Crippen LogP contribution < -0.4 is 19.5 Å². The Morgan fingerprint density at radius 2 is 1.70 bits per heavy atom. The average molecular weight is 411 g/mol. The van der Waals surface area contributed by atoms with Gasteiger partial charge in [0.1, 0.15) is 5.54 Å². The third-order valence-electron chi connectivity index (χ3n) is 5.04. The van der Waals surface area contributed by atoms with Gasteiger partial charge in [-0.05, 0) is 37.5 Å². The van der Waals surface area contributed by atoms with E-state index in [4.69, 9.17) is 14.2 Å². The van der Waals surface area contributed by atoms with E-state index in [1.54, 1.807) is 19.1 Å². The predicted octanol–water partition coefficient (Wildman–Crippen LogP) is 2.99. The number of aryl methyl sites for hydroxylation is 1. The Morgan fingerprint density at radius 1 is 1.00 bits per heavy atom. The minimum absolute atomic E-state index is 0.388. The summed E-state index contributed by atoms with van der Waals surface area (Å²) in [6, 6.07) is 12.6. The molecule has 0 bridgehead atoms. The van der Waals surface area contributed by atoms with Crippen molar-refractivity contribution in [2.24, 2.45) is 5.10 Å². The molecule has 0 aromatic heterocycles. The van der Waals surface area contributed by atoms with Crippen LogP contribution in [0.3, 0.4) is 0 Å². The molecule has 8 heteroatoms. The number of carbonyl (C=O) groups excluding carboxylic acids is 2. The number of benzene rings is 2. The highest BCUT2D eigenvalue weighted by molar-refractivity contribution is 6.07. The van der Waals surface area contributed by atoms with Crippen molar-refractivity contribution in [1.29, 1.82) is 0 Å². The highest BCUT2D eigenvalue weighted by Crippen LogP contribution is 2.39.